The lowest BCUT2D eigenvalue weighted by molar-refractivity contribution is 0.477. The van der Waals surface area contributed by atoms with Crippen LogP contribution in [0.4, 0.5) is 11.5 Å². The number of aromatic nitrogens is 2. The van der Waals surface area contributed by atoms with E-state index in [1.165, 1.54) is 5.56 Å². The highest BCUT2D eigenvalue weighted by atomic mass is 16.3. The molecule has 0 saturated carbocycles. The summed E-state index contributed by atoms with van der Waals surface area (Å²) in [5.41, 5.74) is 3.28. The van der Waals surface area contributed by atoms with Gasteiger partial charge in [0.25, 0.3) is 0 Å². The Labute approximate surface area is 129 Å². The number of aryl methyl sites for hydroxylation is 1. The number of pyridine rings is 1. The van der Waals surface area contributed by atoms with E-state index in [9.17, 15) is 5.11 Å². The fourth-order valence-electron chi connectivity index (χ4n) is 2.31. The van der Waals surface area contributed by atoms with Gasteiger partial charge in [-0.2, -0.15) is 0 Å². The molecule has 0 aliphatic rings. The van der Waals surface area contributed by atoms with Gasteiger partial charge in [-0.3, -0.25) is 4.40 Å². The van der Waals surface area contributed by atoms with Crippen LogP contribution in [0.5, 0.6) is 5.75 Å². The van der Waals surface area contributed by atoms with Crippen LogP contribution in [0.25, 0.3) is 5.65 Å². The summed E-state index contributed by atoms with van der Waals surface area (Å²) >= 11 is 0. The molecule has 0 spiro atoms. The molecule has 2 heterocycles. The first-order valence-electron chi connectivity index (χ1n) is 7.24. The van der Waals surface area contributed by atoms with Crippen molar-refractivity contribution in [1.29, 1.82) is 0 Å². The average Bonchev–Trinajstić information content (AvgIpc) is 2.83. The minimum Gasteiger partial charge on any atom is -0.504 e. The minimum absolute atomic E-state index is 0.133. The Kier molecular flexibility index (Phi) is 3.63. The summed E-state index contributed by atoms with van der Waals surface area (Å²) in [7, 11) is 0. The molecule has 5 nitrogen and oxygen atoms in total. The summed E-state index contributed by atoms with van der Waals surface area (Å²) in [5, 5.41) is 18.4. The van der Waals surface area contributed by atoms with Gasteiger partial charge >= 0.3 is 0 Å². The van der Waals surface area contributed by atoms with Crippen LogP contribution in [-0.2, 0) is 0 Å². The number of hydrogen-bond donors (Lipinski definition) is 1. The van der Waals surface area contributed by atoms with Crippen LogP contribution in [-0.4, -0.2) is 14.5 Å². The Morgan fingerprint density at radius 3 is 2.50 bits per heavy atom. The van der Waals surface area contributed by atoms with Crippen molar-refractivity contribution in [3.05, 3.63) is 53.9 Å². The summed E-state index contributed by atoms with van der Waals surface area (Å²) < 4.78 is 1.73. The number of imidazole rings is 1. The van der Waals surface area contributed by atoms with E-state index in [4.69, 9.17) is 0 Å². The first-order valence-corrected chi connectivity index (χ1v) is 7.24. The van der Waals surface area contributed by atoms with Crippen LogP contribution >= 0.6 is 0 Å². The number of hydrogen-bond acceptors (Lipinski definition) is 4. The second-order valence-electron chi connectivity index (χ2n) is 5.55. The van der Waals surface area contributed by atoms with E-state index in [2.05, 4.69) is 41.2 Å². The summed E-state index contributed by atoms with van der Waals surface area (Å²) in [4.78, 5) is 4.32. The van der Waals surface area contributed by atoms with E-state index in [-0.39, 0.29) is 5.75 Å². The first kappa shape index (κ1) is 14.3. The molecular weight excluding hydrogens is 276 g/mol. The molecule has 112 valence electrons. The minimum atomic E-state index is 0.133. The Bertz CT molecular complexity index is 832. The number of azo groups is 1. The Morgan fingerprint density at radius 2 is 1.82 bits per heavy atom. The van der Waals surface area contributed by atoms with E-state index >= 15 is 0 Å². The number of nitrogens with zero attached hydrogens (tertiary/aromatic N) is 4. The molecule has 0 aliphatic carbocycles. The van der Waals surface area contributed by atoms with Gasteiger partial charge in [0.15, 0.2) is 17.2 Å². The first-order chi connectivity index (χ1) is 10.6. The maximum atomic E-state index is 9.82. The van der Waals surface area contributed by atoms with Crippen molar-refractivity contribution in [3.8, 4) is 5.75 Å². The largest absolute Gasteiger partial charge is 0.504 e. The smallest absolute Gasteiger partial charge is 0.182 e. The van der Waals surface area contributed by atoms with E-state index in [0.29, 0.717) is 17.4 Å². The van der Waals surface area contributed by atoms with Crippen molar-refractivity contribution < 1.29 is 5.11 Å². The Balaban J connectivity index is 1.95. The lowest BCUT2D eigenvalue weighted by atomic mass is 10.0. The van der Waals surface area contributed by atoms with Gasteiger partial charge in [0.2, 0.25) is 0 Å². The Hall–Kier alpha value is -2.69. The highest BCUT2D eigenvalue weighted by Crippen LogP contribution is 2.27. The van der Waals surface area contributed by atoms with Gasteiger partial charge in [-0.05, 0) is 42.7 Å². The summed E-state index contributed by atoms with van der Waals surface area (Å²) in [6.07, 6.45) is 1.81. The molecule has 1 N–H and O–H groups in total. The van der Waals surface area contributed by atoms with Gasteiger partial charge in [-0.25, -0.2) is 4.98 Å². The number of rotatable bonds is 3. The van der Waals surface area contributed by atoms with Gasteiger partial charge < -0.3 is 5.11 Å². The van der Waals surface area contributed by atoms with Crippen molar-refractivity contribution in [2.75, 3.05) is 0 Å². The van der Waals surface area contributed by atoms with Crippen LogP contribution in [0.15, 0.2) is 52.8 Å². The predicted molar refractivity (Wildman–Crippen MR) is 86.3 cm³/mol. The molecule has 2 aromatic heterocycles. The molecule has 0 bridgehead atoms. The van der Waals surface area contributed by atoms with Crippen molar-refractivity contribution in [2.24, 2.45) is 10.2 Å². The molecule has 0 aliphatic heterocycles. The van der Waals surface area contributed by atoms with Crippen LogP contribution in [0.3, 0.4) is 0 Å². The third kappa shape index (κ3) is 2.57. The van der Waals surface area contributed by atoms with Crippen LogP contribution in [0.2, 0.25) is 0 Å². The predicted octanol–water partition coefficient (Wildman–Crippen LogP) is 4.89. The highest BCUT2D eigenvalue weighted by molar-refractivity contribution is 5.59. The standard InChI is InChI=1S/C17H18N4O/c1-11(2)13-6-8-14(9-7-13)19-20-16-12(3)18-17-15(22)5-4-10-21(16)17/h4-11,22H,1-3H3. The lowest BCUT2D eigenvalue weighted by Gasteiger charge is -2.04. The summed E-state index contributed by atoms with van der Waals surface area (Å²) in [6.45, 7) is 6.16. The fourth-order valence-corrected chi connectivity index (χ4v) is 2.31. The van der Waals surface area contributed by atoms with Crippen molar-refractivity contribution in [1.82, 2.24) is 9.38 Å². The molecule has 0 fully saturated rings. The molecule has 0 amide bonds. The Morgan fingerprint density at radius 1 is 1.09 bits per heavy atom. The quantitative estimate of drug-likeness (QED) is 0.699. The topological polar surface area (TPSA) is 62.2 Å². The molecular formula is C17H18N4O. The monoisotopic (exact) mass is 294 g/mol. The molecule has 22 heavy (non-hydrogen) atoms. The van der Waals surface area contributed by atoms with Gasteiger partial charge in [0.05, 0.1) is 11.4 Å². The molecule has 3 rings (SSSR count). The number of benzene rings is 1. The third-order valence-corrected chi connectivity index (χ3v) is 3.59. The van der Waals surface area contributed by atoms with Crippen molar-refractivity contribution in [2.45, 2.75) is 26.7 Å². The van der Waals surface area contributed by atoms with E-state index in [0.717, 1.165) is 11.4 Å². The molecule has 0 unspecified atom stereocenters. The summed E-state index contributed by atoms with van der Waals surface area (Å²) in [5.74, 6) is 1.25. The normalized spacial score (nSPS) is 11.8. The molecule has 0 radical (unpaired) electrons. The van der Waals surface area contributed by atoms with E-state index in [1.54, 1.807) is 16.5 Å². The zero-order valence-electron chi connectivity index (χ0n) is 12.9. The van der Waals surface area contributed by atoms with Crippen molar-refractivity contribution in [3.63, 3.8) is 0 Å². The second kappa shape index (κ2) is 5.60. The van der Waals surface area contributed by atoms with Crippen molar-refractivity contribution >= 4 is 17.2 Å². The lowest BCUT2D eigenvalue weighted by Crippen LogP contribution is -1.84. The summed E-state index contributed by atoms with van der Waals surface area (Å²) in [6, 6.07) is 11.4. The molecule has 3 aromatic rings. The van der Waals surface area contributed by atoms with E-state index in [1.807, 2.05) is 25.3 Å². The van der Waals surface area contributed by atoms with Gasteiger partial charge in [-0.1, -0.05) is 26.0 Å². The molecule has 0 saturated heterocycles. The van der Waals surface area contributed by atoms with Gasteiger partial charge in [-0.15, -0.1) is 10.2 Å². The number of fused-ring (bicyclic) bond motifs is 1. The highest BCUT2D eigenvalue weighted by Gasteiger charge is 2.10. The maximum Gasteiger partial charge on any atom is 0.182 e. The molecule has 1 aromatic carbocycles. The fraction of sp³-hybridized carbons (Fsp3) is 0.235. The molecule has 0 atom stereocenters. The molecule has 5 heteroatoms. The van der Waals surface area contributed by atoms with E-state index < -0.39 is 0 Å². The zero-order chi connectivity index (χ0) is 15.7. The van der Waals surface area contributed by atoms with Crippen LogP contribution in [0, 0.1) is 6.92 Å². The van der Waals surface area contributed by atoms with Crippen LogP contribution < -0.4 is 0 Å². The van der Waals surface area contributed by atoms with Crippen LogP contribution in [0.1, 0.15) is 31.0 Å². The zero-order valence-corrected chi connectivity index (χ0v) is 12.9. The maximum absolute atomic E-state index is 9.82. The average molecular weight is 294 g/mol. The third-order valence-electron chi connectivity index (χ3n) is 3.59. The second-order valence-corrected chi connectivity index (χ2v) is 5.55. The van der Waals surface area contributed by atoms with Gasteiger partial charge in [0.1, 0.15) is 0 Å². The van der Waals surface area contributed by atoms with Gasteiger partial charge in [0, 0.05) is 6.20 Å². The SMILES string of the molecule is Cc1nc2c(O)cccn2c1N=Nc1ccc(C(C)C)cc1. The number of aromatic hydroxyl groups is 1.